The number of halogens is 1. The number of nitrogens with one attached hydrogen (secondary N) is 1. The van der Waals surface area contributed by atoms with E-state index in [9.17, 15) is 4.39 Å². The fourth-order valence-electron chi connectivity index (χ4n) is 3.63. The van der Waals surface area contributed by atoms with E-state index in [0.717, 1.165) is 18.1 Å². The Kier molecular flexibility index (Phi) is 7.96. The number of ether oxygens (including phenoxy) is 3. The van der Waals surface area contributed by atoms with E-state index < -0.39 is 11.9 Å². The highest BCUT2D eigenvalue weighted by molar-refractivity contribution is 8.01. The maximum Gasteiger partial charge on any atom is 0.239 e. The molecular formula is C24H26FN7O3S. The van der Waals surface area contributed by atoms with E-state index in [1.807, 2.05) is 50.2 Å². The average molecular weight is 512 g/mol. The number of aromatic nitrogens is 6. The maximum atomic E-state index is 13.3. The number of hydrogen-bond acceptors (Lipinski definition) is 10. The summed E-state index contributed by atoms with van der Waals surface area (Å²) in [6.07, 6.45) is 1.73. The van der Waals surface area contributed by atoms with Crippen LogP contribution in [0.25, 0.3) is 17.2 Å². The van der Waals surface area contributed by atoms with Gasteiger partial charge in [0.25, 0.3) is 0 Å². The van der Waals surface area contributed by atoms with Crippen molar-refractivity contribution >= 4 is 17.9 Å². The minimum atomic E-state index is -0.511. The Morgan fingerprint density at radius 1 is 0.972 bits per heavy atom. The number of benzene rings is 1. The van der Waals surface area contributed by atoms with Gasteiger partial charge in [-0.05, 0) is 50.1 Å². The molecule has 0 saturated heterocycles. The fraction of sp³-hybridized carbons (Fsp3) is 0.292. The molecule has 12 heteroatoms. The zero-order valence-electron chi connectivity index (χ0n) is 20.5. The van der Waals surface area contributed by atoms with Crippen molar-refractivity contribution < 1.29 is 18.6 Å². The molecule has 0 saturated carbocycles. The second kappa shape index (κ2) is 11.3. The lowest BCUT2D eigenvalue weighted by atomic mass is 10.2. The van der Waals surface area contributed by atoms with Gasteiger partial charge in [-0.1, -0.05) is 12.1 Å². The van der Waals surface area contributed by atoms with Gasteiger partial charge in [0, 0.05) is 12.8 Å². The second-order valence-corrected chi connectivity index (χ2v) is 8.88. The minimum absolute atomic E-state index is 0.189. The van der Waals surface area contributed by atoms with Crippen LogP contribution in [0.5, 0.6) is 11.5 Å². The van der Waals surface area contributed by atoms with Gasteiger partial charge in [0.05, 0.1) is 31.9 Å². The number of pyridine rings is 1. The Hall–Kier alpha value is -3.77. The standard InChI is InChI=1S/C24H26FN7O3S/c1-14-8-6-9-17(28-14)23-29-30-24(32(23)20-18(33-3)10-7-11-19(20)34-4)31-36-15(2)21(35-5)22-26-12-16(25)13-27-22/h6-13,15,21H,1-5H3,(H,30,31). The van der Waals surface area contributed by atoms with Crippen molar-refractivity contribution in [3.05, 3.63) is 66.1 Å². The van der Waals surface area contributed by atoms with Gasteiger partial charge in [0.15, 0.2) is 17.5 Å². The predicted octanol–water partition coefficient (Wildman–Crippen LogP) is 4.42. The second-order valence-electron chi connectivity index (χ2n) is 7.70. The molecule has 0 bridgehead atoms. The van der Waals surface area contributed by atoms with E-state index >= 15 is 0 Å². The lowest BCUT2D eigenvalue weighted by Crippen LogP contribution is -2.19. The summed E-state index contributed by atoms with van der Waals surface area (Å²) in [5.41, 5.74) is 2.09. The molecule has 2 atom stereocenters. The first kappa shape index (κ1) is 25.3. The molecule has 0 amide bonds. The van der Waals surface area contributed by atoms with E-state index in [2.05, 4.69) is 29.9 Å². The summed E-state index contributed by atoms with van der Waals surface area (Å²) in [6.45, 7) is 3.85. The average Bonchev–Trinajstić information content (AvgIpc) is 3.31. The van der Waals surface area contributed by atoms with Crippen LogP contribution in [0.4, 0.5) is 10.3 Å². The van der Waals surface area contributed by atoms with Gasteiger partial charge < -0.3 is 14.2 Å². The molecule has 2 unspecified atom stereocenters. The van der Waals surface area contributed by atoms with Gasteiger partial charge >= 0.3 is 0 Å². The van der Waals surface area contributed by atoms with Crippen molar-refractivity contribution in [2.45, 2.75) is 25.2 Å². The summed E-state index contributed by atoms with van der Waals surface area (Å²) >= 11 is 1.33. The Bertz CT molecular complexity index is 1300. The molecule has 36 heavy (non-hydrogen) atoms. The molecule has 188 valence electrons. The molecule has 0 fully saturated rings. The predicted molar refractivity (Wildman–Crippen MR) is 135 cm³/mol. The number of nitrogens with zero attached hydrogens (tertiary/aromatic N) is 6. The molecule has 4 rings (SSSR count). The Morgan fingerprint density at radius 2 is 1.64 bits per heavy atom. The van der Waals surface area contributed by atoms with Gasteiger partial charge in [0.2, 0.25) is 5.95 Å². The van der Waals surface area contributed by atoms with Crippen molar-refractivity contribution in [2.24, 2.45) is 0 Å². The normalized spacial score (nSPS) is 12.7. The molecule has 0 aliphatic heterocycles. The van der Waals surface area contributed by atoms with Gasteiger partial charge in [-0.2, -0.15) is 0 Å². The Morgan fingerprint density at radius 3 is 2.25 bits per heavy atom. The van der Waals surface area contributed by atoms with Crippen LogP contribution in [0.1, 0.15) is 24.5 Å². The van der Waals surface area contributed by atoms with Crippen LogP contribution in [0.3, 0.4) is 0 Å². The van der Waals surface area contributed by atoms with Crippen molar-refractivity contribution in [1.82, 2.24) is 29.7 Å². The van der Waals surface area contributed by atoms with Gasteiger partial charge in [0.1, 0.15) is 29.0 Å². The largest absolute Gasteiger partial charge is 0.494 e. The van der Waals surface area contributed by atoms with Crippen LogP contribution in [-0.2, 0) is 4.74 Å². The van der Waals surface area contributed by atoms with Crippen molar-refractivity contribution in [3.8, 4) is 28.7 Å². The Balaban J connectivity index is 1.73. The lowest BCUT2D eigenvalue weighted by Gasteiger charge is -2.22. The summed E-state index contributed by atoms with van der Waals surface area (Å²) in [7, 11) is 4.73. The summed E-state index contributed by atoms with van der Waals surface area (Å²) in [4.78, 5) is 12.8. The molecule has 10 nitrogen and oxygen atoms in total. The third kappa shape index (κ3) is 5.24. The van der Waals surface area contributed by atoms with Crippen LogP contribution in [-0.4, -0.2) is 56.3 Å². The molecule has 3 heterocycles. The quantitative estimate of drug-likeness (QED) is 0.307. The monoisotopic (exact) mass is 511 g/mol. The highest BCUT2D eigenvalue weighted by atomic mass is 32.2. The topological polar surface area (TPSA) is 109 Å². The number of para-hydroxylation sites is 1. The first-order valence-corrected chi connectivity index (χ1v) is 11.9. The van der Waals surface area contributed by atoms with E-state index in [-0.39, 0.29) is 5.25 Å². The highest BCUT2D eigenvalue weighted by Gasteiger charge is 2.26. The molecule has 0 radical (unpaired) electrons. The smallest absolute Gasteiger partial charge is 0.239 e. The van der Waals surface area contributed by atoms with E-state index in [1.54, 1.807) is 25.9 Å². The molecule has 1 N–H and O–H groups in total. The number of aryl methyl sites for hydroxylation is 1. The van der Waals surface area contributed by atoms with Gasteiger partial charge in [-0.15, -0.1) is 10.2 Å². The SMILES string of the molecule is COc1cccc(OC)c1-n1c(NSC(C)C(OC)c2ncc(F)cn2)nnc1-c1cccc(C)n1. The zero-order valence-corrected chi connectivity index (χ0v) is 21.3. The molecule has 3 aromatic heterocycles. The van der Waals surface area contributed by atoms with Crippen molar-refractivity contribution in [3.63, 3.8) is 0 Å². The third-order valence-corrected chi connectivity index (χ3v) is 6.24. The van der Waals surface area contributed by atoms with E-state index in [1.165, 1.54) is 11.9 Å². The van der Waals surface area contributed by atoms with E-state index in [0.29, 0.717) is 40.5 Å². The first-order chi connectivity index (χ1) is 17.5. The zero-order chi connectivity index (χ0) is 25.7. The number of rotatable bonds is 10. The molecule has 0 aliphatic carbocycles. The number of anilines is 1. The summed E-state index contributed by atoms with van der Waals surface area (Å²) in [5.74, 6) is 1.92. The van der Waals surface area contributed by atoms with Crippen LogP contribution in [0, 0.1) is 12.7 Å². The Labute approximate surface area is 212 Å². The van der Waals surface area contributed by atoms with Gasteiger partial charge in [-0.3, -0.25) is 9.29 Å². The summed E-state index contributed by atoms with van der Waals surface area (Å²) < 4.78 is 35.3. The van der Waals surface area contributed by atoms with Crippen molar-refractivity contribution in [1.29, 1.82) is 0 Å². The van der Waals surface area contributed by atoms with Crippen LogP contribution in [0.2, 0.25) is 0 Å². The van der Waals surface area contributed by atoms with Crippen molar-refractivity contribution in [2.75, 3.05) is 26.1 Å². The fourth-order valence-corrected chi connectivity index (χ4v) is 4.41. The molecule has 0 spiro atoms. The highest BCUT2D eigenvalue weighted by Crippen LogP contribution is 2.38. The summed E-state index contributed by atoms with van der Waals surface area (Å²) in [6, 6.07) is 11.2. The van der Waals surface area contributed by atoms with E-state index in [4.69, 9.17) is 14.2 Å². The maximum absolute atomic E-state index is 13.3. The lowest BCUT2D eigenvalue weighted by molar-refractivity contribution is 0.0970. The van der Waals surface area contributed by atoms with Gasteiger partial charge in [-0.25, -0.2) is 19.3 Å². The molecular weight excluding hydrogens is 485 g/mol. The molecule has 4 aromatic rings. The van der Waals surface area contributed by atoms with Crippen LogP contribution in [0.15, 0.2) is 48.8 Å². The number of methoxy groups -OCH3 is 3. The molecule has 0 aliphatic rings. The molecule has 1 aromatic carbocycles. The summed E-state index contributed by atoms with van der Waals surface area (Å²) in [5, 5.41) is 8.64. The van der Waals surface area contributed by atoms with Crippen LogP contribution >= 0.6 is 11.9 Å². The number of hydrogen-bond donors (Lipinski definition) is 1. The van der Waals surface area contributed by atoms with Crippen LogP contribution < -0.4 is 14.2 Å². The third-order valence-electron chi connectivity index (χ3n) is 5.32. The first-order valence-electron chi connectivity index (χ1n) is 11.0. The minimum Gasteiger partial charge on any atom is -0.494 e.